The number of carbonyl (C=O) groups excluding carboxylic acids is 1. The van der Waals surface area contributed by atoms with Crippen LogP contribution in [0.25, 0.3) is 0 Å². The Labute approximate surface area is 123 Å². The summed E-state index contributed by atoms with van der Waals surface area (Å²) < 4.78 is 23.4. The molecule has 116 valence electrons. The summed E-state index contributed by atoms with van der Waals surface area (Å²) in [6, 6.07) is 0. The van der Waals surface area contributed by atoms with Crippen LogP contribution in [0.3, 0.4) is 0 Å². The lowest BCUT2D eigenvalue weighted by Gasteiger charge is -2.30. The molecule has 0 saturated heterocycles. The summed E-state index contributed by atoms with van der Waals surface area (Å²) in [5, 5.41) is -0.279. The Hall–Kier alpha value is -0.380. The molecule has 3 nitrogen and oxygen atoms in total. The van der Waals surface area contributed by atoms with Crippen LogP contribution in [-0.4, -0.2) is 25.7 Å². The molecule has 0 aliphatic heterocycles. The van der Waals surface area contributed by atoms with Gasteiger partial charge in [-0.05, 0) is 32.1 Å². The maximum atomic E-state index is 12.7. The molecule has 0 spiro atoms. The molecule has 0 aromatic heterocycles. The van der Waals surface area contributed by atoms with E-state index >= 15 is 0 Å². The van der Waals surface area contributed by atoms with Crippen molar-refractivity contribution in [3.63, 3.8) is 0 Å². The molecule has 2 unspecified atom stereocenters. The van der Waals surface area contributed by atoms with Crippen molar-refractivity contribution >= 4 is 15.6 Å². The maximum absolute atomic E-state index is 12.7. The van der Waals surface area contributed by atoms with Gasteiger partial charge in [-0.3, -0.25) is 4.79 Å². The molecule has 2 fully saturated rings. The predicted octanol–water partition coefficient (Wildman–Crippen LogP) is 3.52. The normalized spacial score (nSPS) is 30.4. The molecule has 0 aromatic carbocycles. The van der Waals surface area contributed by atoms with E-state index in [1.807, 2.05) is 0 Å². The molecule has 20 heavy (non-hydrogen) atoms. The Kier molecular flexibility index (Phi) is 5.65. The third-order valence-corrected chi connectivity index (χ3v) is 6.78. The number of hydrogen-bond donors (Lipinski definition) is 0. The van der Waals surface area contributed by atoms with Crippen LogP contribution in [0, 0.1) is 11.8 Å². The molecule has 0 radical (unpaired) electrons. The smallest absolute Gasteiger partial charge is 0.150 e. The van der Waals surface area contributed by atoms with Gasteiger partial charge in [-0.25, -0.2) is 8.42 Å². The lowest BCUT2D eigenvalue weighted by molar-refractivity contribution is -0.128. The maximum Gasteiger partial charge on any atom is 0.150 e. The Morgan fingerprint density at radius 2 is 1.35 bits per heavy atom. The van der Waals surface area contributed by atoms with Crippen LogP contribution >= 0.6 is 0 Å². The Morgan fingerprint density at radius 1 is 0.800 bits per heavy atom. The van der Waals surface area contributed by atoms with Gasteiger partial charge in [0, 0.05) is 18.1 Å². The number of hydrogen-bond acceptors (Lipinski definition) is 3. The summed E-state index contributed by atoms with van der Waals surface area (Å²) in [7, 11) is -2.99. The van der Waals surface area contributed by atoms with Crippen molar-refractivity contribution in [3.8, 4) is 0 Å². The minimum absolute atomic E-state index is 0.00732. The quantitative estimate of drug-likeness (QED) is 0.801. The SMILES string of the molecule is CS(=O)(=O)C1CCCC(C(=O)C2CCCCCCC2)C1. The van der Waals surface area contributed by atoms with Gasteiger partial charge in [0.15, 0.2) is 0 Å². The molecule has 2 atom stereocenters. The fraction of sp³-hybridized carbons (Fsp3) is 0.938. The van der Waals surface area contributed by atoms with Gasteiger partial charge in [0.05, 0.1) is 5.25 Å². The van der Waals surface area contributed by atoms with Crippen molar-refractivity contribution in [2.75, 3.05) is 6.26 Å². The van der Waals surface area contributed by atoms with Gasteiger partial charge in [-0.1, -0.05) is 38.5 Å². The standard InChI is InChI=1S/C16H28O3S/c1-20(18,19)15-11-7-10-14(12-15)16(17)13-8-5-3-2-4-6-9-13/h13-15H,2-12H2,1H3. The Bertz CT molecular complexity index is 419. The second kappa shape index (κ2) is 7.06. The Morgan fingerprint density at radius 3 is 1.95 bits per heavy atom. The van der Waals surface area contributed by atoms with E-state index in [0.717, 1.165) is 32.1 Å². The lowest BCUT2D eigenvalue weighted by Crippen LogP contribution is -2.34. The highest BCUT2D eigenvalue weighted by atomic mass is 32.2. The highest BCUT2D eigenvalue weighted by molar-refractivity contribution is 7.91. The molecular formula is C16H28O3S. The van der Waals surface area contributed by atoms with Crippen molar-refractivity contribution in [3.05, 3.63) is 0 Å². The molecule has 2 aliphatic rings. The van der Waals surface area contributed by atoms with Gasteiger partial charge in [0.25, 0.3) is 0 Å². The summed E-state index contributed by atoms with van der Waals surface area (Å²) in [5.74, 6) is 0.590. The molecular weight excluding hydrogens is 272 g/mol. The van der Waals surface area contributed by atoms with Crippen molar-refractivity contribution < 1.29 is 13.2 Å². The first-order valence-corrected chi connectivity index (χ1v) is 10.2. The first-order chi connectivity index (χ1) is 9.48. The monoisotopic (exact) mass is 300 g/mol. The van der Waals surface area contributed by atoms with E-state index in [0.29, 0.717) is 12.2 Å². The van der Waals surface area contributed by atoms with Gasteiger partial charge < -0.3 is 0 Å². The van der Waals surface area contributed by atoms with Crippen molar-refractivity contribution in [1.29, 1.82) is 0 Å². The van der Waals surface area contributed by atoms with Gasteiger partial charge in [-0.2, -0.15) is 0 Å². The van der Waals surface area contributed by atoms with Crippen LogP contribution < -0.4 is 0 Å². The molecule has 4 heteroatoms. The number of Topliss-reactive ketones (excluding diaryl/α,β-unsaturated/α-hetero) is 1. The fourth-order valence-electron chi connectivity index (χ4n) is 3.87. The van der Waals surface area contributed by atoms with E-state index in [4.69, 9.17) is 0 Å². The average Bonchev–Trinajstić information content (AvgIpc) is 2.37. The molecule has 0 bridgehead atoms. The summed E-state index contributed by atoms with van der Waals surface area (Å²) in [6.45, 7) is 0. The molecule has 2 saturated carbocycles. The van der Waals surface area contributed by atoms with Gasteiger partial charge in [-0.15, -0.1) is 0 Å². The molecule has 0 N–H and O–H groups in total. The van der Waals surface area contributed by atoms with Crippen LogP contribution in [0.4, 0.5) is 0 Å². The number of rotatable bonds is 3. The molecule has 0 aromatic rings. The zero-order valence-electron chi connectivity index (χ0n) is 12.6. The predicted molar refractivity (Wildman–Crippen MR) is 81.4 cm³/mol. The lowest BCUT2D eigenvalue weighted by atomic mass is 9.77. The number of sulfone groups is 1. The minimum atomic E-state index is -2.99. The fourth-order valence-corrected chi connectivity index (χ4v) is 5.04. The van der Waals surface area contributed by atoms with Gasteiger partial charge >= 0.3 is 0 Å². The highest BCUT2D eigenvalue weighted by Crippen LogP contribution is 2.33. The van der Waals surface area contributed by atoms with Gasteiger partial charge in [0.1, 0.15) is 15.6 Å². The number of carbonyl (C=O) groups is 1. The first kappa shape index (κ1) is 16.0. The van der Waals surface area contributed by atoms with Crippen LogP contribution in [0.1, 0.15) is 70.6 Å². The van der Waals surface area contributed by atoms with Crippen molar-refractivity contribution in [2.45, 2.75) is 75.9 Å². The summed E-state index contributed by atoms with van der Waals surface area (Å²) in [6.07, 6.45) is 12.6. The molecule has 2 rings (SSSR count). The van der Waals surface area contributed by atoms with Crippen LogP contribution in [0.5, 0.6) is 0 Å². The molecule has 0 amide bonds. The van der Waals surface area contributed by atoms with E-state index in [1.165, 1.54) is 38.4 Å². The van der Waals surface area contributed by atoms with E-state index in [1.54, 1.807) is 0 Å². The second-order valence-electron chi connectivity index (χ2n) is 6.76. The Balaban J connectivity index is 1.96. The minimum Gasteiger partial charge on any atom is -0.299 e. The number of ketones is 1. The second-order valence-corrected chi connectivity index (χ2v) is 9.09. The third kappa shape index (κ3) is 4.31. The van der Waals surface area contributed by atoms with E-state index in [2.05, 4.69) is 0 Å². The van der Waals surface area contributed by atoms with Crippen LogP contribution in [0.15, 0.2) is 0 Å². The van der Waals surface area contributed by atoms with E-state index in [9.17, 15) is 13.2 Å². The van der Waals surface area contributed by atoms with Crippen LogP contribution in [-0.2, 0) is 14.6 Å². The molecule has 0 heterocycles. The van der Waals surface area contributed by atoms with Crippen molar-refractivity contribution in [1.82, 2.24) is 0 Å². The summed E-state index contributed by atoms with van der Waals surface area (Å²) in [4.78, 5) is 12.7. The topological polar surface area (TPSA) is 51.2 Å². The highest BCUT2D eigenvalue weighted by Gasteiger charge is 2.35. The average molecular weight is 300 g/mol. The first-order valence-electron chi connectivity index (χ1n) is 8.21. The van der Waals surface area contributed by atoms with E-state index in [-0.39, 0.29) is 17.1 Å². The van der Waals surface area contributed by atoms with Crippen LogP contribution in [0.2, 0.25) is 0 Å². The summed E-state index contributed by atoms with van der Waals surface area (Å²) in [5.41, 5.74) is 0. The largest absolute Gasteiger partial charge is 0.299 e. The van der Waals surface area contributed by atoms with Gasteiger partial charge in [0.2, 0.25) is 0 Å². The molecule has 2 aliphatic carbocycles. The summed E-state index contributed by atoms with van der Waals surface area (Å²) >= 11 is 0. The zero-order valence-corrected chi connectivity index (χ0v) is 13.5. The third-order valence-electron chi connectivity index (χ3n) is 5.14. The van der Waals surface area contributed by atoms with Crippen molar-refractivity contribution in [2.24, 2.45) is 11.8 Å². The van der Waals surface area contributed by atoms with E-state index < -0.39 is 9.84 Å². The zero-order chi connectivity index (χ0) is 14.6.